The van der Waals surface area contributed by atoms with Crippen molar-refractivity contribution in [2.24, 2.45) is 5.41 Å². The molecule has 1 unspecified atom stereocenters. The van der Waals surface area contributed by atoms with Gasteiger partial charge in [0.25, 0.3) is 0 Å². The Labute approximate surface area is 248 Å². The van der Waals surface area contributed by atoms with E-state index < -0.39 is 38.6 Å². The molecule has 3 aromatic carbocycles. The van der Waals surface area contributed by atoms with E-state index in [1.807, 2.05) is 20.8 Å². The molecule has 1 N–H and O–H groups in total. The Morgan fingerprint density at radius 1 is 0.953 bits per heavy atom. The van der Waals surface area contributed by atoms with Crippen LogP contribution >= 0.6 is 0 Å². The van der Waals surface area contributed by atoms with Gasteiger partial charge in [0, 0.05) is 30.2 Å². The van der Waals surface area contributed by atoms with Gasteiger partial charge in [-0.1, -0.05) is 63.2 Å². The standard InChI is InChI=1S/C32H32F3N3O4S/c1-30(2,3)31(17-8-18-38(31)29(39)40)27-20-37(28(36-27)25-11-5-6-12-26(25)32(33,34)35)23-15-13-21(14-16-23)22-9-7-10-24(19-22)43(4,41)42/h5-7,9-16,19-20H,8,17-18H2,1-4H3,(H,39,40). The van der Waals surface area contributed by atoms with Crippen LogP contribution in [-0.4, -0.2) is 46.9 Å². The highest BCUT2D eigenvalue weighted by Crippen LogP contribution is 2.52. The number of hydrogen-bond acceptors (Lipinski definition) is 4. The molecule has 1 aliphatic rings. The third-order valence-electron chi connectivity index (χ3n) is 8.20. The van der Waals surface area contributed by atoms with Crippen molar-refractivity contribution < 1.29 is 31.5 Å². The summed E-state index contributed by atoms with van der Waals surface area (Å²) in [6, 6.07) is 18.7. The molecular weight excluding hydrogens is 579 g/mol. The summed E-state index contributed by atoms with van der Waals surface area (Å²) >= 11 is 0. The molecule has 1 aromatic heterocycles. The minimum atomic E-state index is -4.65. The third kappa shape index (κ3) is 5.42. The maximum Gasteiger partial charge on any atom is 0.417 e. The number of sulfone groups is 1. The Kier molecular flexibility index (Phi) is 7.44. The Morgan fingerprint density at radius 2 is 1.63 bits per heavy atom. The van der Waals surface area contributed by atoms with E-state index in [2.05, 4.69) is 0 Å². The quantitative estimate of drug-likeness (QED) is 0.250. The predicted molar refractivity (Wildman–Crippen MR) is 158 cm³/mol. The molecule has 0 aliphatic carbocycles. The molecule has 1 amide bonds. The summed E-state index contributed by atoms with van der Waals surface area (Å²) in [5.41, 5.74) is -0.420. The van der Waals surface area contributed by atoms with Gasteiger partial charge >= 0.3 is 12.3 Å². The van der Waals surface area contributed by atoms with Gasteiger partial charge in [0.05, 0.1) is 21.7 Å². The summed E-state index contributed by atoms with van der Waals surface area (Å²) in [7, 11) is -3.42. The van der Waals surface area contributed by atoms with Gasteiger partial charge in [0.2, 0.25) is 0 Å². The number of likely N-dealkylation sites (tertiary alicyclic amines) is 1. The third-order valence-corrected chi connectivity index (χ3v) is 9.31. The maximum absolute atomic E-state index is 14.2. The zero-order valence-electron chi connectivity index (χ0n) is 24.2. The number of carboxylic acid groups (broad SMARTS) is 1. The minimum Gasteiger partial charge on any atom is -0.465 e. The number of nitrogens with zero attached hydrogens (tertiary/aromatic N) is 3. The lowest BCUT2D eigenvalue weighted by molar-refractivity contribution is -0.137. The van der Waals surface area contributed by atoms with Gasteiger partial charge in [0.1, 0.15) is 5.82 Å². The molecule has 0 saturated carbocycles. The molecule has 5 rings (SSSR count). The number of hydrogen-bond donors (Lipinski definition) is 1. The van der Waals surface area contributed by atoms with Crippen LogP contribution in [0.3, 0.4) is 0 Å². The fourth-order valence-electron chi connectivity index (χ4n) is 6.12. The Bertz CT molecular complexity index is 1790. The van der Waals surface area contributed by atoms with Crippen LogP contribution < -0.4 is 0 Å². The van der Waals surface area contributed by atoms with E-state index in [1.54, 1.807) is 53.2 Å². The first kappa shape index (κ1) is 30.3. The van der Waals surface area contributed by atoms with Crippen LogP contribution in [0.2, 0.25) is 0 Å². The number of carbonyl (C=O) groups is 1. The average molecular weight is 612 g/mol. The molecule has 1 atom stereocenters. The highest BCUT2D eigenvalue weighted by atomic mass is 32.2. The van der Waals surface area contributed by atoms with Crippen molar-refractivity contribution >= 4 is 15.9 Å². The van der Waals surface area contributed by atoms with Gasteiger partial charge < -0.3 is 5.11 Å². The number of halogens is 3. The van der Waals surface area contributed by atoms with Gasteiger partial charge in [-0.05, 0) is 59.7 Å². The topological polar surface area (TPSA) is 92.5 Å². The fraction of sp³-hybridized carbons (Fsp3) is 0.312. The second kappa shape index (κ2) is 10.6. The van der Waals surface area contributed by atoms with Crippen LogP contribution in [-0.2, 0) is 21.6 Å². The molecule has 226 valence electrons. The zero-order valence-corrected chi connectivity index (χ0v) is 25.0. The van der Waals surface area contributed by atoms with Crippen molar-refractivity contribution in [3.05, 3.63) is 90.3 Å². The fourth-order valence-corrected chi connectivity index (χ4v) is 6.79. The van der Waals surface area contributed by atoms with E-state index >= 15 is 0 Å². The summed E-state index contributed by atoms with van der Waals surface area (Å²) in [4.78, 5) is 18.7. The van der Waals surface area contributed by atoms with Crippen molar-refractivity contribution in [3.8, 4) is 28.2 Å². The van der Waals surface area contributed by atoms with E-state index in [9.17, 15) is 31.5 Å². The molecule has 4 aromatic rings. The van der Waals surface area contributed by atoms with Crippen LogP contribution in [0.25, 0.3) is 28.2 Å². The van der Waals surface area contributed by atoms with Gasteiger partial charge in [-0.15, -0.1) is 0 Å². The van der Waals surface area contributed by atoms with Gasteiger partial charge in [-0.2, -0.15) is 13.2 Å². The minimum absolute atomic E-state index is 0.0376. The lowest BCUT2D eigenvalue weighted by Gasteiger charge is -2.46. The molecule has 1 fully saturated rings. The molecule has 1 aliphatic heterocycles. The molecular formula is C32H32F3N3O4S. The lowest BCUT2D eigenvalue weighted by Crippen LogP contribution is -2.53. The van der Waals surface area contributed by atoms with E-state index in [0.29, 0.717) is 35.3 Å². The summed E-state index contributed by atoms with van der Waals surface area (Å²) in [5.74, 6) is 0.0376. The Hall–Kier alpha value is -4.12. The Balaban J connectivity index is 1.72. The average Bonchev–Trinajstić information content (AvgIpc) is 3.58. The first-order chi connectivity index (χ1) is 20.0. The van der Waals surface area contributed by atoms with Crippen molar-refractivity contribution in [2.75, 3.05) is 12.8 Å². The first-order valence-electron chi connectivity index (χ1n) is 13.7. The molecule has 2 heterocycles. The number of alkyl halides is 3. The van der Waals surface area contributed by atoms with Crippen LogP contribution in [0.15, 0.2) is 83.9 Å². The molecule has 43 heavy (non-hydrogen) atoms. The monoisotopic (exact) mass is 611 g/mol. The van der Waals surface area contributed by atoms with E-state index in [1.165, 1.54) is 29.2 Å². The first-order valence-corrected chi connectivity index (χ1v) is 15.6. The number of aromatic nitrogens is 2. The van der Waals surface area contributed by atoms with Gasteiger partial charge in [0.15, 0.2) is 9.84 Å². The second-order valence-electron chi connectivity index (χ2n) is 11.9. The summed E-state index contributed by atoms with van der Waals surface area (Å²) in [5, 5.41) is 10.1. The summed E-state index contributed by atoms with van der Waals surface area (Å²) in [6.45, 7) is 6.03. The van der Waals surface area contributed by atoms with E-state index in [0.717, 1.165) is 12.3 Å². The smallest absolute Gasteiger partial charge is 0.417 e. The number of rotatable bonds is 5. The number of benzene rings is 3. The van der Waals surface area contributed by atoms with Crippen molar-refractivity contribution in [2.45, 2.75) is 50.2 Å². The second-order valence-corrected chi connectivity index (χ2v) is 13.9. The molecule has 0 spiro atoms. The lowest BCUT2D eigenvalue weighted by atomic mass is 9.70. The number of imidazole rings is 1. The van der Waals surface area contributed by atoms with E-state index in [-0.39, 0.29) is 22.8 Å². The summed E-state index contributed by atoms with van der Waals surface area (Å²) in [6.07, 6.45) is -1.92. The molecule has 7 nitrogen and oxygen atoms in total. The van der Waals surface area contributed by atoms with Crippen molar-refractivity contribution in [1.82, 2.24) is 14.5 Å². The van der Waals surface area contributed by atoms with Crippen LogP contribution in [0, 0.1) is 5.41 Å². The van der Waals surface area contributed by atoms with Crippen LogP contribution in [0.1, 0.15) is 44.9 Å². The van der Waals surface area contributed by atoms with Crippen LogP contribution in [0.5, 0.6) is 0 Å². The highest BCUT2D eigenvalue weighted by Gasteiger charge is 2.55. The highest BCUT2D eigenvalue weighted by molar-refractivity contribution is 7.90. The number of amides is 1. The summed E-state index contributed by atoms with van der Waals surface area (Å²) < 4.78 is 68.3. The predicted octanol–water partition coefficient (Wildman–Crippen LogP) is 7.64. The largest absolute Gasteiger partial charge is 0.465 e. The molecule has 0 radical (unpaired) electrons. The molecule has 1 saturated heterocycles. The van der Waals surface area contributed by atoms with Crippen molar-refractivity contribution in [1.29, 1.82) is 0 Å². The van der Waals surface area contributed by atoms with Crippen molar-refractivity contribution in [3.63, 3.8) is 0 Å². The molecule has 0 bridgehead atoms. The normalized spacial score (nSPS) is 17.8. The SMILES string of the molecule is CC(C)(C)C1(c2cn(-c3ccc(-c4cccc(S(C)(=O)=O)c4)cc3)c(-c3ccccc3C(F)(F)F)n2)CCCN1C(=O)O. The maximum atomic E-state index is 14.2. The van der Waals surface area contributed by atoms with Gasteiger partial charge in [-0.3, -0.25) is 9.47 Å². The van der Waals surface area contributed by atoms with Gasteiger partial charge in [-0.25, -0.2) is 18.2 Å². The molecule has 11 heteroatoms. The van der Waals surface area contributed by atoms with Crippen LogP contribution in [0.4, 0.5) is 18.0 Å². The van der Waals surface area contributed by atoms with E-state index in [4.69, 9.17) is 4.98 Å². The zero-order chi connectivity index (χ0) is 31.4. The Morgan fingerprint density at radius 3 is 2.23 bits per heavy atom.